The number of rotatable bonds is 7. The van der Waals surface area contributed by atoms with Gasteiger partial charge in [-0.05, 0) is 50.2 Å². The van der Waals surface area contributed by atoms with Crippen LogP contribution in [0.25, 0.3) is 16.6 Å². The maximum absolute atomic E-state index is 13.6. The van der Waals surface area contributed by atoms with Crippen molar-refractivity contribution in [2.75, 3.05) is 20.3 Å². The van der Waals surface area contributed by atoms with E-state index in [0.717, 1.165) is 5.56 Å². The van der Waals surface area contributed by atoms with Crippen molar-refractivity contribution in [2.24, 2.45) is 0 Å². The Morgan fingerprint density at radius 2 is 1.67 bits per heavy atom. The topological polar surface area (TPSA) is 64.4 Å². The molecule has 3 aromatic carbocycles. The van der Waals surface area contributed by atoms with Crippen molar-refractivity contribution in [1.29, 1.82) is 0 Å². The Labute approximate surface area is 193 Å². The number of benzene rings is 3. The Morgan fingerprint density at radius 3 is 2.36 bits per heavy atom. The van der Waals surface area contributed by atoms with Crippen molar-refractivity contribution in [3.05, 3.63) is 106 Å². The second kappa shape index (κ2) is 9.79. The maximum atomic E-state index is 13.6. The van der Waals surface area contributed by atoms with Crippen LogP contribution >= 0.6 is 0 Å². The van der Waals surface area contributed by atoms with E-state index >= 15 is 0 Å². The fourth-order valence-corrected chi connectivity index (χ4v) is 3.92. The molecule has 0 radical (unpaired) electrons. The van der Waals surface area contributed by atoms with Crippen LogP contribution in [-0.2, 0) is 4.74 Å². The molecule has 1 unspecified atom stereocenters. The summed E-state index contributed by atoms with van der Waals surface area (Å²) in [4.78, 5) is 33.7. The van der Waals surface area contributed by atoms with Crippen molar-refractivity contribution in [3.63, 3.8) is 0 Å². The molecule has 0 saturated heterocycles. The number of hydrogen-bond acceptors (Lipinski definition) is 4. The summed E-state index contributed by atoms with van der Waals surface area (Å²) >= 11 is 0. The van der Waals surface area contributed by atoms with Gasteiger partial charge in [0.15, 0.2) is 0 Å². The van der Waals surface area contributed by atoms with E-state index in [9.17, 15) is 9.59 Å². The van der Waals surface area contributed by atoms with E-state index in [2.05, 4.69) is 0 Å². The molecule has 4 aromatic rings. The number of carbonyl (C=O) groups excluding carboxylic acids is 1. The lowest BCUT2D eigenvalue weighted by Gasteiger charge is -2.30. The van der Waals surface area contributed by atoms with Gasteiger partial charge in [0.2, 0.25) is 0 Å². The highest BCUT2D eigenvalue weighted by atomic mass is 16.5. The van der Waals surface area contributed by atoms with Crippen LogP contribution in [0.15, 0.2) is 83.7 Å². The molecule has 0 spiro atoms. The molecule has 168 valence electrons. The number of carbonyl (C=O) groups is 1. The summed E-state index contributed by atoms with van der Waals surface area (Å²) in [5.74, 6) is 0.364. The Morgan fingerprint density at radius 1 is 1.00 bits per heavy atom. The monoisotopic (exact) mass is 441 g/mol. The van der Waals surface area contributed by atoms with Gasteiger partial charge in [-0.3, -0.25) is 14.2 Å². The van der Waals surface area contributed by atoms with Gasteiger partial charge < -0.3 is 9.64 Å². The zero-order valence-corrected chi connectivity index (χ0v) is 19.1. The average Bonchev–Trinajstić information content (AvgIpc) is 2.85. The number of aromatic nitrogens is 2. The molecule has 0 saturated carbocycles. The van der Waals surface area contributed by atoms with Gasteiger partial charge in [-0.15, -0.1) is 0 Å². The van der Waals surface area contributed by atoms with Crippen LogP contribution in [0.5, 0.6) is 0 Å². The largest absolute Gasteiger partial charge is 0.383 e. The minimum atomic E-state index is -0.480. The Bertz CT molecular complexity index is 1310. The molecule has 1 aromatic heterocycles. The quantitative estimate of drug-likeness (QED) is 0.422. The van der Waals surface area contributed by atoms with Gasteiger partial charge in [-0.2, -0.15) is 0 Å². The van der Waals surface area contributed by atoms with E-state index in [4.69, 9.17) is 9.72 Å². The Hall–Kier alpha value is -3.77. The van der Waals surface area contributed by atoms with E-state index in [-0.39, 0.29) is 11.5 Å². The Kier molecular flexibility index (Phi) is 6.66. The predicted octanol–water partition coefficient (Wildman–Crippen LogP) is 4.54. The molecule has 0 aliphatic rings. The smallest absolute Gasteiger partial charge is 0.266 e. The lowest BCUT2D eigenvalue weighted by atomic mass is 10.1. The molecule has 6 heteroatoms. The van der Waals surface area contributed by atoms with Crippen LogP contribution in [0.4, 0.5) is 0 Å². The fourth-order valence-electron chi connectivity index (χ4n) is 3.92. The van der Waals surface area contributed by atoms with Crippen molar-refractivity contribution in [1.82, 2.24) is 14.5 Å². The minimum absolute atomic E-state index is 0.137. The third-order valence-corrected chi connectivity index (χ3v) is 5.75. The number of nitrogens with zero attached hydrogens (tertiary/aromatic N) is 3. The predicted molar refractivity (Wildman–Crippen MR) is 130 cm³/mol. The van der Waals surface area contributed by atoms with Crippen molar-refractivity contribution in [2.45, 2.75) is 19.9 Å². The standard InChI is InChI=1S/C27H27N3O3/c1-19-13-15-21(16-14-19)26(31)29(17-18-33-3)20(2)25-28-24-12-8-7-11-23(24)27(32)30(25)22-9-5-4-6-10-22/h4-16,20H,17-18H2,1-3H3. The van der Waals surface area contributed by atoms with Gasteiger partial charge in [0.05, 0.1) is 29.2 Å². The van der Waals surface area contributed by atoms with Crippen LogP contribution in [-0.4, -0.2) is 40.6 Å². The van der Waals surface area contributed by atoms with Crippen LogP contribution < -0.4 is 5.56 Å². The van der Waals surface area contributed by atoms with Gasteiger partial charge in [0, 0.05) is 19.2 Å². The summed E-state index contributed by atoms with van der Waals surface area (Å²) in [6.07, 6.45) is 0. The Balaban J connectivity index is 1.88. The first-order valence-electron chi connectivity index (χ1n) is 10.9. The number of hydrogen-bond donors (Lipinski definition) is 0. The van der Waals surface area contributed by atoms with Gasteiger partial charge in [-0.25, -0.2) is 4.98 Å². The second-order valence-electron chi connectivity index (χ2n) is 8.00. The molecule has 6 nitrogen and oxygen atoms in total. The van der Waals surface area contributed by atoms with E-state index in [1.165, 1.54) is 0 Å². The van der Waals surface area contributed by atoms with Crippen LogP contribution in [0.2, 0.25) is 0 Å². The number of fused-ring (bicyclic) bond motifs is 1. The van der Waals surface area contributed by atoms with E-state index in [1.54, 1.807) is 22.6 Å². The molecule has 0 aliphatic heterocycles. The highest BCUT2D eigenvalue weighted by Gasteiger charge is 2.27. The third kappa shape index (κ3) is 4.56. The molecule has 1 amide bonds. The summed E-state index contributed by atoms with van der Waals surface area (Å²) in [7, 11) is 1.60. The number of methoxy groups -OCH3 is 1. The number of para-hydroxylation sites is 2. The zero-order valence-electron chi connectivity index (χ0n) is 19.1. The lowest BCUT2D eigenvalue weighted by Crippen LogP contribution is -2.39. The van der Waals surface area contributed by atoms with E-state index < -0.39 is 6.04 Å². The third-order valence-electron chi connectivity index (χ3n) is 5.75. The van der Waals surface area contributed by atoms with Gasteiger partial charge in [0.25, 0.3) is 11.5 Å². The van der Waals surface area contributed by atoms with E-state index in [1.807, 2.05) is 86.6 Å². The molecule has 1 heterocycles. The average molecular weight is 442 g/mol. The normalized spacial score (nSPS) is 12.0. The molecule has 0 aliphatic carbocycles. The van der Waals surface area contributed by atoms with Crippen LogP contribution in [0.3, 0.4) is 0 Å². The summed E-state index contributed by atoms with van der Waals surface area (Å²) in [6, 6.07) is 23.7. The summed E-state index contributed by atoms with van der Waals surface area (Å²) in [5, 5.41) is 0.533. The molecular weight excluding hydrogens is 414 g/mol. The van der Waals surface area contributed by atoms with Crippen molar-refractivity contribution < 1.29 is 9.53 Å². The van der Waals surface area contributed by atoms with Gasteiger partial charge in [-0.1, -0.05) is 48.0 Å². The summed E-state index contributed by atoms with van der Waals surface area (Å²) in [5.41, 5.74) is 2.81. The summed E-state index contributed by atoms with van der Waals surface area (Å²) in [6.45, 7) is 4.61. The van der Waals surface area contributed by atoms with E-state index in [0.29, 0.717) is 41.1 Å². The SMILES string of the molecule is COCCN(C(=O)c1ccc(C)cc1)C(C)c1nc2ccccc2c(=O)n1-c1ccccc1. The van der Waals surface area contributed by atoms with Gasteiger partial charge >= 0.3 is 0 Å². The molecule has 0 bridgehead atoms. The lowest BCUT2D eigenvalue weighted by molar-refractivity contribution is 0.0605. The van der Waals surface area contributed by atoms with Crippen LogP contribution in [0, 0.1) is 6.92 Å². The highest BCUT2D eigenvalue weighted by molar-refractivity contribution is 5.94. The number of amides is 1. The zero-order chi connectivity index (χ0) is 23.4. The minimum Gasteiger partial charge on any atom is -0.383 e. The molecule has 4 rings (SSSR count). The molecule has 33 heavy (non-hydrogen) atoms. The maximum Gasteiger partial charge on any atom is 0.266 e. The molecule has 0 N–H and O–H groups in total. The van der Waals surface area contributed by atoms with Gasteiger partial charge in [0.1, 0.15) is 5.82 Å². The van der Waals surface area contributed by atoms with Crippen molar-refractivity contribution >= 4 is 16.8 Å². The summed E-state index contributed by atoms with van der Waals surface area (Å²) < 4.78 is 6.90. The molecule has 1 atom stereocenters. The fraction of sp³-hybridized carbons (Fsp3) is 0.222. The van der Waals surface area contributed by atoms with Crippen molar-refractivity contribution in [3.8, 4) is 5.69 Å². The highest BCUT2D eigenvalue weighted by Crippen LogP contribution is 2.24. The first kappa shape index (κ1) is 22.4. The molecular formula is C27H27N3O3. The van der Waals surface area contributed by atoms with Crippen LogP contribution in [0.1, 0.15) is 34.7 Å². The molecule has 0 fully saturated rings. The second-order valence-corrected chi connectivity index (χ2v) is 8.00. The first-order chi connectivity index (χ1) is 16.0. The first-order valence-corrected chi connectivity index (χ1v) is 10.9. The number of ether oxygens (including phenoxy) is 1. The number of aryl methyl sites for hydroxylation is 1.